The SMILES string of the molecule is NCCCn1nnnc1C1(c2ccccc2)CCCC1. The fourth-order valence-electron chi connectivity index (χ4n) is 3.32. The summed E-state index contributed by atoms with van der Waals surface area (Å²) in [5.74, 6) is 1.01. The van der Waals surface area contributed by atoms with Gasteiger partial charge in [-0.3, -0.25) is 0 Å². The average Bonchev–Trinajstić information content (AvgIpc) is 3.15. The molecule has 0 saturated heterocycles. The maximum atomic E-state index is 5.61. The van der Waals surface area contributed by atoms with Crippen LogP contribution in [-0.4, -0.2) is 26.8 Å². The molecule has 0 radical (unpaired) electrons. The lowest BCUT2D eigenvalue weighted by Crippen LogP contribution is -2.29. The van der Waals surface area contributed by atoms with Crippen molar-refractivity contribution in [2.45, 2.75) is 44.1 Å². The minimum Gasteiger partial charge on any atom is -0.330 e. The molecule has 1 heterocycles. The van der Waals surface area contributed by atoms with Gasteiger partial charge in [0, 0.05) is 6.54 Å². The van der Waals surface area contributed by atoms with Gasteiger partial charge in [0.15, 0.2) is 5.82 Å². The van der Waals surface area contributed by atoms with Gasteiger partial charge in [-0.15, -0.1) is 5.10 Å². The molecule has 1 aliphatic carbocycles. The van der Waals surface area contributed by atoms with Crippen molar-refractivity contribution < 1.29 is 0 Å². The van der Waals surface area contributed by atoms with Crippen molar-refractivity contribution in [1.82, 2.24) is 20.2 Å². The van der Waals surface area contributed by atoms with Crippen LogP contribution in [0.5, 0.6) is 0 Å². The van der Waals surface area contributed by atoms with E-state index < -0.39 is 0 Å². The highest BCUT2D eigenvalue weighted by Crippen LogP contribution is 2.45. The number of tetrazole rings is 1. The molecule has 3 rings (SSSR count). The Balaban J connectivity index is 2.01. The highest BCUT2D eigenvalue weighted by molar-refractivity contribution is 5.33. The molecule has 1 aromatic carbocycles. The van der Waals surface area contributed by atoms with Crippen molar-refractivity contribution in [3.63, 3.8) is 0 Å². The van der Waals surface area contributed by atoms with Gasteiger partial charge in [-0.05, 0) is 41.8 Å². The first kappa shape index (κ1) is 13.2. The Hall–Kier alpha value is -1.75. The van der Waals surface area contributed by atoms with Gasteiger partial charge < -0.3 is 5.73 Å². The molecular formula is C15H21N5. The van der Waals surface area contributed by atoms with Gasteiger partial charge in [0.1, 0.15) is 0 Å². The van der Waals surface area contributed by atoms with Crippen LogP contribution in [0.25, 0.3) is 0 Å². The quantitative estimate of drug-likeness (QED) is 0.901. The minimum atomic E-state index is -0.0145. The summed E-state index contributed by atoms with van der Waals surface area (Å²) >= 11 is 0. The van der Waals surface area contributed by atoms with Crippen LogP contribution < -0.4 is 5.73 Å². The Morgan fingerprint density at radius 2 is 1.90 bits per heavy atom. The first-order chi connectivity index (χ1) is 9.87. The number of aryl methyl sites for hydroxylation is 1. The van der Waals surface area contributed by atoms with E-state index in [4.69, 9.17) is 5.73 Å². The number of benzene rings is 1. The molecule has 20 heavy (non-hydrogen) atoms. The monoisotopic (exact) mass is 271 g/mol. The van der Waals surface area contributed by atoms with Gasteiger partial charge in [-0.1, -0.05) is 43.2 Å². The number of nitrogens with zero attached hydrogens (tertiary/aromatic N) is 4. The van der Waals surface area contributed by atoms with Crippen LogP contribution in [-0.2, 0) is 12.0 Å². The Morgan fingerprint density at radius 1 is 1.15 bits per heavy atom. The van der Waals surface area contributed by atoms with Gasteiger partial charge in [0.2, 0.25) is 0 Å². The van der Waals surface area contributed by atoms with Crippen molar-refractivity contribution >= 4 is 0 Å². The molecule has 0 aliphatic heterocycles. The predicted octanol–water partition coefficient (Wildman–Crippen LogP) is 1.88. The standard InChI is InChI=1S/C15H21N5/c16-11-6-12-20-14(17-18-19-20)15(9-4-5-10-15)13-7-2-1-3-8-13/h1-3,7-8H,4-6,9-12,16H2. The van der Waals surface area contributed by atoms with Crippen molar-refractivity contribution in [2.24, 2.45) is 5.73 Å². The second kappa shape index (κ2) is 5.71. The second-order valence-corrected chi connectivity index (χ2v) is 5.52. The molecule has 0 amide bonds. The van der Waals surface area contributed by atoms with E-state index in [9.17, 15) is 0 Å². The number of nitrogens with two attached hydrogens (primary N) is 1. The third kappa shape index (κ3) is 2.22. The third-order valence-corrected chi connectivity index (χ3v) is 4.32. The minimum absolute atomic E-state index is 0.0145. The molecule has 0 atom stereocenters. The Morgan fingerprint density at radius 3 is 2.60 bits per heavy atom. The summed E-state index contributed by atoms with van der Waals surface area (Å²) in [5, 5.41) is 12.4. The topological polar surface area (TPSA) is 69.6 Å². The summed E-state index contributed by atoms with van der Waals surface area (Å²) in [4.78, 5) is 0. The van der Waals surface area contributed by atoms with E-state index >= 15 is 0 Å². The Bertz CT molecular complexity index is 542. The van der Waals surface area contributed by atoms with E-state index in [0.29, 0.717) is 6.54 Å². The number of rotatable bonds is 5. The predicted molar refractivity (Wildman–Crippen MR) is 77.2 cm³/mol. The number of hydrogen-bond acceptors (Lipinski definition) is 4. The molecule has 106 valence electrons. The zero-order valence-electron chi connectivity index (χ0n) is 11.7. The molecule has 1 aromatic heterocycles. The summed E-state index contributed by atoms with van der Waals surface area (Å²) in [6.45, 7) is 1.46. The normalized spacial score (nSPS) is 17.4. The summed E-state index contributed by atoms with van der Waals surface area (Å²) < 4.78 is 1.95. The molecule has 1 fully saturated rings. The zero-order chi connectivity index (χ0) is 13.8. The zero-order valence-corrected chi connectivity index (χ0v) is 11.7. The lowest BCUT2D eigenvalue weighted by Gasteiger charge is -2.28. The summed E-state index contributed by atoms with van der Waals surface area (Å²) in [7, 11) is 0. The van der Waals surface area contributed by atoms with E-state index in [1.807, 2.05) is 4.68 Å². The Labute approximate surface area is 119 Å². The fraction of sp³-hybridized carbons (Fsp3) is 0.533. The highest BCUT2D eigenvalue weighted by Gasteiger charge is 2.41. The Kier molecular flexibility index (Phi) is 3.78. The van der Waals surface area contributed by atoms with Crippen molar-refractivity contribution in [2.75, 3.05) is 6.54 Å². The lowest BCUT2D eigenvalue weighted by molar-refractivity contribution is 0.440. The molecule has 0 spiro atoms. The van der Waals surface area contributed by atoms with Gasteiger partial charge >= 0.3 is 0 Å². The van der Waals surface area contributed by atoms with Crippen LogP contribution in [0.2, 0.25) is 0 Å². The fourth-order valence-corrected chi connectivity index (χ4v) is 3.32. The van der Waals surface area contributed by atoms with Crippen molar-refractivity contribution in [3.05, 3.63) is 41.7 Å². The van der Waals surface area contributed by atoms with Crippen LogP contribution >= 0.6 is 0 Å². The van der Waals surface area contributed by atoms with Gasteiger partial charge in [-0.25, -0.2) is 4.68 Å². The van der Waals surface area contributed by atoms with E-state index in [0.717, 1.165) is 31.6 Å². The van der Waals surface area contributed by atoms with Crippen molar-refractivity contribution in [1.29, 1.82) is 0 Å². The number of aromatic nitrogens is 4. The van der Waals surface area contributed by atoms with Crippen LogP contribution in [0.3, 0.4) is 0 Å². The molecule has 2 N–H and O–H groups in total. The molecule has 0 unspecified atom stereocenters. The van der Waals surface area contributed by atoms with E-state index in [2.05, 4.69) is 45.9 Å². The molecule has 5 nitrogen and oxygen atoms in total. The van der Waals surface area contributed by atoms with Crippen LogP contribution in [0, 0.1) is 0 Å². The average molecular weight is 271 g/mol. The van der Waals surface area contributed by atoms with Gasteiger partial charge in [0.05, 0.1) is 5.41 Å². The van der Waals surface area contributed by atoms with Crippen molar-refractivity contribution in [3.8, 4) is 0 Å². The molecular weight excluding hydrogens is 250 g/mol. The second-order valence-electron chi connectivity index (χ2n) is 5.52. The molecule has 1 saturated carbocycles. The first-order valence-electron chi connectivity index (χ1n) is 7.39. The first-order valence-corrected chi connectivity index (χ1v) is 7.39. The van der Waals surface area contributed by atoms with Crippen LogP contribution in [0.4, 0.5) is 0 Å². The van der Waals surface area contributed by atoms with Gasteiger partial charge in [-0.2, -0.15) is 0 Å². The maximum Gasteiger partial charge on any atom is 0.161 e. The molecule has 2 aromatic rings. The molecule has 0 bridgehead atoms. The highest BCUT2D eigenvalue weighted by atomic mass is 15.5. The van der Waals surface area contributed by atoms with E-state index in [-0.39, 0.29) is 5.41 Å². The van der Waals surface area contributed by atoms with Gasteiger partial charge in [0.25, 0.3) is 0 Å². The molecule has 5 heteroatoms. The van der Waals surface area contributed by atoms with Crippen LogP contribution in [0.15, 0.2) is 30.3 Å². The van der Waals surface area contributed by atoms with E-state index in [1.165, 1.54) is 18.4 Å². The third-order valence-electron chi connectivity index (χ3n) is 4.32. The summed E-state index contributed by atoms with van der Waals surface area (Å²) in [6, 6.07) is 10.7. The summed E-state index contributed by atoms with van der Waals surface area (Å²) in [5.41, 5.74) is 6.93. The lowest BCUT2D eigenvalue weighted by atomic mass is 9.78. The smallest absolute Gasteiger partial charge is 0.161 e. The number of hydrogen-bond donors (Lipinski definition) is 1. The van der Waals surface area contributed by atoms with Crippen LogP contribution in [0.1, 0.15) is 43.5 Å². The van der Waals surface area contributed by atoms with E-state index in [1.54, 1.807) is 0 Å². The maximum absolute atomic E-state index is 5.61. The molecule has 1 aliphatic rings. The largest absolute Gasteiger partial charge is 0.330 e. The summed E-state index contributed by atoms with van der Waals surface area (Å²) in [6.07, 6.45) is 5.63.